The van der Waals surface area contributed by atoms with Gasteiger partial charge in [0, 0.05) is 16.3 Å². The van der Waals surface area contributed by atoms with E-state index in [0.29, 0.717) is 27.9 Å². The van der Waals surface area contributed by atoms with Crippen molar-refractivity contribution >= 4 is 54.3 Å². The molecule has 0 amide bonds. The van der Waals surface area contributed by atoms with Gasteiger partial charge in [0.2, 0.25) is 0 Å². The lowest BCUT2D eigenvalue weighted by molar-refractivity contribution is 0.670. The van der Waals surface area contributed by atoms with Crippen LogP contribution in [0.25, 0.3) is 98.8 Å². The molecule has 9 aromatic carbocycles. The molecule has 49 heavy (non-hydrogen) atoms. The Balaban J connectivity index is 1.28. The normalized spacial score (nSPS) is 15.4. The lowest BCUT2D eigenvalue weighted by Gasteiger charge is -2.18. The Hall–Kier alpha value is -6.44. The van der Waals surface area contributed by atoms with Gasteiger partial charge in [-0.1, -0.05) is 163 Å². The Morgan fingerprint density at radius 3 is 1.71 bits per heavy atom. The number of hydrogen-bond donors (Lipinski definition) is 0. The molecule has 0 unspecified atom stereocenters. The van der Waals surface area contributed by atoms with Gasteiger partial charge >= 0.3 is 0 Å². The summed E-state index contributed by atoms with van der Waals surface area (Å²) in [4.78, 5) is 0. The van der Waals surface area contributed by atoms with E-state index in [2.05, 4.69) is 30.3 Å². The van der Waals surface area contributed by atoms with Crippen LogP contribution in [0.15, 0.2) is 186 Å². The zero-order valence-electron chi connectivity index (χ0n) is 38.7. The quantitative estimate of drug-likeness (QED) is 0.175. The minimum Gasteiger partial charge on any atom is -0.455 e. The van der Waals surface area contributed by atoms with Gasteiger partial charge in [-0.2, -0.15) is 0 Å². The van der Waals surface area contributed by atoms with E-state index in [4.69, 9.17) is 16.8 Å². The molecule has 1 heterocycles. The van der Waals surface area contributed by atoms with E-state index >= 15 is 0 Å². The minimum absolute atomic E-state index is 0.0588. The van der Waals surface area contributed by atoms with Gasteiger partial charge in [-0.25, -0.2) is 0 Å². The van der Waals surface area contributed by atoms with E-state index < -0.39 is 84.1 Å². The van der Waals surface area contributed by atoms with E-state index in [0.717, 1.165) is 32.7 Å². The molecule has 0 saturated heterocycles. The van der Waals surface area contributed by atoms with E-state index in [1.807, 2.05) is 54.6 Å². The average Bonchev–Trinajstić information content (AvgIpc) is 3.67. The molecule has 228 valence electrons. The van der Waals surface area contributed by atoms with Gasteiger partial charge in [0.15, 0.2) is 0 Å². The standard InChI is InChI=1S/C48H30O/c1-2-14-32(15-3-1)46-39-20-6-8-22-41(39)47(42-23-9-7-21-40(42)46)35-18-10-17-33(29-35)38-25-12-26-43-44-30-34(27-28-45(44)49-48(38)43)37-24-11-16-31-13-4-5-19-36(31)37/h1-30H/i1D,2D,3D,6D,7D,8D,9D,14D,15D,20D,21D,22D,23D. The molecular weight excluding hydrogens is 593 g/mol. The lowest BCUT2D eigenvalue weighted by Crippen LogP contribution is -1.91. The van der Waals surface area contributed by atoms with Crippen molar-refractivity contribution in [1.29, 1.82) is 0 Å². The molecule has 10 rings (SSSR count). The molecular formula is C48H30O. The third-order valence-electron chi connectivity index (χ3n) is 9.18. The average molecular weight is 636 g/mol. The van der Waals surface area contributed by atoms with E-state index in [-0.39, 0.29) is 32.7 Å². The summed E-state index contributed by atoms with van der Waals surface area (Å²) in [5.74, 6) is 0. The molecule has 0 fully saturated rings. The maximum absolute atomic E-state index is 9.31. The number of benzene rings is 9. The maximum Gasteiger partial charge on any atom is 0.143 e. The second kappa shape index (κ2) is 11.1. The first-order valence-corrected chi connectivity index (χ1v) is 15.8. The van der Waals surface area contributed by atoms with Crippen LogP contribution in [0.3, 0.4) is 0 Å². The van der Waals surface area contributed by atoms with Crippen molar-refractivity contribution in [2.45, 2.75) is 0 Å². The number of para-hydroxylation sites is 1. The first kappa shape index (κ1) is 17.6. The molecule has 0 N–H and O–H groups in total. The molecule has 0 aliphatic rings. The summed E-state index contributed by atoms with van der Waals surface area (Å²) in [5.41, 5.74) is 4.31. The second-order valence-corrected chi connectivity index (χ2v) is 11.9. The summed E-state index contributed by atoms with van der Waals surface area (Å²) >= 11 is 0. The van der Waals surface area contributed by atoms with Crippen LogP contribution in [0, 0.1) is 0 Å². The Labute approximate surface area is 302 Å². The topological polar surface area (TPSA) is 13.1 Å². The van der Waals surface area contributed by atoms with Crippen LogP contribution in [0.1, 0.15) is 17.8 Å². The zero-order valence-corrected chi connectivity index (χ0v) is 25.7. The highest BCUT2D eigenvalue weighted by atomic mass is 16.3. The fraction of sp³-hybridized carbons (Fsp3) is 0. The van der Waals surface area contributed by atoms with Crippen LogP contribution in [-0.4, -0.2) is 0 Å². The molecule has 1 aromatic heterocycles. The zero-order chi connectivity index (χ0) is 43.6. The molecule has 0 atom stereocenters. The summed E-state index contributed by atoms with van der Waals surface area (Å²) in [6.07, 6.45) is 0. The van der Waals surface area contributed by atoms with E-state index in [9.17, 15) is 5.48 Å². The van der Waals surface area contributed by atoms with E-state index in [1.54, 1.807) is 18.2 Å². The number of fused-ring (bicyclic) bond motifs is 6. The SMILES string of the molecule is [2H]c1c([2H])c([2H])c(-c2c3c([2H])c([2H])c([2H])c([2H])c3c(-c3cccc(-c4cccc5c4oc4ccc(-c6cccc7ccccc67)cc45)c3)c3c([2H])c([2H])c([2H])c([2H])c23)c([2H])c1[2H]. The summed E-state index contributed by atoms with van der Waals surface area (Å²) in [6.45, 7) is 0. The van der Waals surface area contributed by atoms with Crippen molar-refractivity contribution < 1.29 is 22.2 Å². The molecule has 0 aliphatic heterocycles. The summed E-state index contributed by atoms with van der Waals surface area (Å²) in [7, 11) is 0. The predicted octanol–water partition coefficient (Wildman–Crippen LogP) is 13.7. The first-order valence-electron chi connectivity index (χ1n) is 22.3. The van der Waals surface area contributed by atoms with Crippen molar-refractivity contribution in [3.63, 3.8) is 0 Å². The Morgan fingerprint density at radius 2 is 0.939 bits per heavy atom. The predicted molar refractivity (Wildman–Crippen MR) is 208 cm³/mol. The molecule has 0 bridgehead atoms. The van der Waals surface area contributed by atoms with Gasteiger partial charge < -0.3 is 4.42 Å². The lowest BCUT2D eigenvalue weighted by atomic mass is 9.85. The van der Waals surface area contributed by atoms with Gasteiger partial charge in [-0.05, 0) is 89.5 Å². The molecule has 10 aromatic rings. The van der Waals surface area contributed by atoms with Gasteiger partial charge in [-0.15, -0.1) is 0 Å². The molecule has 0 spiro atoms. The largest absolute Gasteiger partial charge is 0.455 e. The molecule has 1 nitrogen and oxygen atoms in total. The Morgan fingerprint density at radius 1 is 0.367 bits per heavy atom. The maximum atomic E-state index is 9.31. The highest BCUT2D eigenvalue weighted by Gasteiger charge is 2.18. The summed E-state index contributed by atoms with van der Waals surface area (Å²) < 4.78 is 122. The summed E-state index contributed by atoms with van der Waals surface area (Å²) in [6, 6.07) is 24.9. The third kappa shape index (κ3) is 4.40. The van der Waals surface area contributed by atoms with Crippen molar-refractivity contribution in [3.05, 3.63) is 182 Å². The highest BCUT2D eigenvalue weighted by molar-refractivity contribution is 6.21. The second-order valence-electron chi connectivity index (χ2n) is 11.9. The van der Waals surface area contributed by atoms with Gasteiger partial charge in [0.25, 0.3) is 0 Å². The minimum atomic E-state index is -0.717. The summed E-state index contributed by atoms with van der Waals surface area (Å²) in [5, 5.41) is 3.20. The van der Waals surface area contributed by atoms with Crippen LogP contribution in [0.2, 0.25) is 0 Å². The number of hydrogen-bond acceptors (Lipinski definition) is 1. The van der Waals surface area contributed by atoms with Gasteiger partial charge in [0.05, 0.1) is 17.8 Å². The third-order valence-corrected chi connectivity index (χ3v) is 9.18. The smallest absolute Gasteiger partial charge is 0.143 e. The van der Waals surface area contributed by atoms with Crippen LogP contribution < -0.4 is 0 Å². The Kier molecular flexibility index (Phi) is 3.99. The molecule has 0 radical (unpaired) electrons. The molecule has 0 saturated carbocycles. The van der Waals surface area contributed by atoms with Crippen molar-refractivity contribution in [3.8, 4) is 44.5 Å². The first-order chi connectivity index (χ1) is 29.7. The van der Waals surface area contributed by atoms with Crippen LogP contribution >= 0.6 is 0 Å². The molecule has 0 aliphatic carbocycles. The van der Waals surface area contributed by atoms with Crippen LogP contribution in [0.5, 0.6) is 0 Å². The van der Waals surface area contributed by atoms with Gasteiger partial charge in [0.1, 0.15) is 11.2 Å². The highest BCUT2D eigenvalue weighted by Crippen LogP contribution is 2.45. The Bertz CT molecular complexity index is 3510. The van der Waals surface area contributed by atoms with Gasteiger partial charge in [-0.3, -0.25) is 0 Å². The van der Waals surface area contributed by atoms with Crippen LogP contribution in [-0.2, 0) is 0 Å². The monoisotopic (exact) mass is 635 g/mol. The van der Waals surface area contributed by atoms with E-state index in [1.165, 1.54) is 0 Å². The number of rotatable bonds is 4. The fourth-order valence-corrected chi connectivity index (χ4v) is 7.05. The van der Waals surface area contributed by atoms with Crippen molar-refractivity contribution in [2.75, 3.05) is 0 Å². The number of furan rings is 1. The van der Waals surface area contributed by atoms with Crippen LogP contribution in [0.4, 0.5) is 0 Å². The van der Waals surface area contributed by atoms with Crippen molar-refractivity contribution in [1.82, 2.24) is 0 Å². The molecule has 1 heteroatoms. The fourth-order valence-electron chi connectivity index (χ4n) is 7.05. The van der Waals surface area contributed by atoms with Crippen molar-refractivity contribution in [2.24, 2.45) is 0 Å².